The van der Waals surface area contributed by atoms with Crippen LogP contribution >= 0.6 is 0 Å². The van der Waals surface area contributed by atoms with Crippen LogP contribution in [-0.2, 0) is 0 Å². The summed E-state index contributed by atoms with van der Waals surface area (Å²) in [7, 11) is 1.77. The minimum absolute atomic E-state index is 0.0119. The van der Waals surface area contributed by atoms with Gasteiger partial charge in [0.15, 0.2) is 0 Å². The number of anilines is 1. The van der Waals surface area contributed by atoms with Gasteiger partial charge < -0.3 is 11.1 Å². The minimum atomic E-state index is -0.0119. The van der Waals surface area contributed by atoms with Crippen LogP contribution in [0.3, 0.4) is 0 Å². The second kappa shape index (κ2) is 3.01. The first-order valence-electron chi connectivity index (χ1n) is 3.23. The van der Waals surface area contributed by atoms with Crippen LogP contribution in [0.1, 0.15) is 5.69 Å². The van der Waals surface area contributed by atoms with Crippen molar-refractivity contribution in [2.24, 2.45) is 5.73 Å². The molecule has 0 saturated heterocycles. The summed E-state index contributed by atoms with van der Waals surface area (Å²) in [6.45, 7) is 0. The third kappa shape index (κ3) is 1.67. The highest BCUT2D eigenvalue weighted by Crippen LogP contribution is 2.02. The number of nitrogens with one attached hydrogen (secondary N) is 2. The summed E-state index contributed by atoms with van der Waals surface area (Å²) in [6.07, 6.45) is 0. The largest absolute Gasteiger partial charge is 0.382 e. The molecule has 11 heavy (non-hydrogen) atoms. The van der Waals surface area contributed by atoms with Crippen LogP contribution in [0.25, 0.3) is 0 Å². The van der Waals surface area contributed by atoms with Gasteiger partial charge in [-0.15, -0.1) is 0 Å². The van der Waals surface area contributed by atoms with E-state index < -0.39 is 0 Å². The molecule has 0 fully saturated rings. The Morgan fingerprint density at radius 3 is 2.91 bits per heavy atom. The molecule has 0 saturated carbocycles. The van der Waals surface area contributed by atoms with E-state index in [-0.39, 0.29) is 5.84 Å². The predicted octanol–water partition coefficient (Wildman–Crippen LogP) is 0.407. The molecule has 0 radical (unpaired) electrons. The molecule has 0 aliphatic heterocycles. The predicted molar refractivity (Wildman–Crippen MR) is 44.8 cm³/mol. The first-order valence-corrected chi connectivity index (χ1v) is 3.23. The molecule has 58 valence electrons. The van der Waals surface area contributed by atoms with Gasteiger partial charge in [-0.3, -0.25) is 5.41 Å². The van der Waals surface area contributed by atoms with E-state index in [1.807, 2.05) is 6.07 Å². The molecular weight excluding hydrogens is 140 g/mol. The maximum Gasteiger partial charge on any atom is 0.141 e. The quantitative estimate of drug-likeness (QED) is 0.422. The molecule has 0 aliphatic rings. The van der Waals surface area contributed by atoms with E-state index in [4.69, 9.17) is 11.1 Å². The number of amidine groups is 1. The van der Waals surface area contributed by atoms with Crippen LogP contribution in [0.2, 0.25) is 0 Å². The number of rotatable bonds is 2. The molecular formula is C7H10N4. The van der Waals surface area contributed by atoms with Crippen molar-refractivity contribution in [1.29, 1.82) is 5.41 Å². The van der Waals surface area contributed by atoms with Gasteiger partial charge in [-0.25, -0.2) is 4.98 Å². The Balaban J connectivity index is 3.01. The van der Waals surface area contributed by atoms with Gasteiger partial charge in [0, 0.05) is 7.05 Å². The summed E-state index contributed by atoms with van der Waals surface area (Å²) in [5, 5.41) is 9.95. The van der Waals surface area contributed by atoms with Gasteiger partial charge >= 0.3 is 0 Å². The van der Waals surface area contributed by atoms with E-state index in [9.17, 15) is 0 Å². The average molecular weight is 150 g/mol. The van der Waals surface area contributed by atoms with Crippen LogP contribution < -0.4 is 11.1 Å². The molecule has 1 rings (SSSR count). The van der Waals surface area contributed by atoms with Crippen molar-refractivity contribution in [2.45, 2.75) is 0 Å². The van der Waals surface area contributed by atoms with Crippen LogP contribution in [0.15, 0.2) is 18.2 Å². The Morgan fingerprint density at radius 1 is 1.64 bits per heavy atom. The van der Waals surface area contributed by atoms with Crippen LogP contribution in [-0.4, -0.2) is 17.9 Å². The lowest BCUT2D eigenvalue weighted by atomic mass is 10.3. The molecule has 4 heteroatoms. The molecule has 1 aromatic heterocycles. The fourth-order valence-electron chi connectivity index (χ4n) is 0.724. The number of hydrogen-bond donors (Lipinski definition) is 3. The maximum atomic E-state index is 7.09. The Morgan fingerprint density at radius 2 is 2.36 bits per heavy atom. The van der Waals surface area contributed by atoms with Crippen molar-refractivity contribution in [3.8, 4) is 0 Å². The van der Waals surface area contributed by atoms with Crippen molar-refractivity contribution in [2.75, 3.05) is 12.4 Å². The van der Waals surface area contributed by atoms with E-state index >= 15 is 0 Å². The monoisotopic (exact) mass is 150 g/mol. The van der Waals surface area contributed by atoms with Gasteiger partial charge in [-0.1, -0.05) is 6.07 Å². The SMILES string of the molecule is CNc1cccc(C(=N)N)n1. The van der Waals surface area contributed by atoms with Gasteiger partial charge in [0.2, 0.25) is 0 Å². The van der Waals surface area contributed by atoms with E-state index in [1.54, 1.807) is 19.2 Å². The smallest absolute Gasteiger partial charge is 0.141 e. The lowest BCUT2D eigenvalue weighted by Gasteiger charge is -2.00. The molecule has 1 aromatic rings. The highest BCUT2D eigenvalue weighted by molar-refractivity contribution is 5.93. The van der Waals surface area contributed by atoms with E-state index in [0.717, 1.165) is 5.82 Å². The van der Waals surface area contributed by atoms with Crippen molar-refractivity contribution in [3.05, 3.63) is 23.9 Å². The molecule has 1 heterocycles. The fraction of sp³-hybridized carbons (Fsp3) is 0.143. The molecule has 0 aliphatic carbocycles. The zero-order chi connectivity index (χ0) is 8.27. The first-order chi connectivity index (χ1) is 5.24. The van der Waals surface area contributed by atoms with Crippen molar-refractivity contribution in [1.82, 2.24) is 4.98 Å². The van der Waals surface area contributed by atoms with Gasteiger partial charge in [-0.05, 0) is 12.1 Å². The van der Waals surface area contributed by atoms with Gasteiger partial charge in [0.1, 0.15) is 17.3 Å². The average Bonchev–Trinajstić information content (AvgIpc) is 2.05. The molecule has 0 atom stereocenters. The second-order valence-corrected chi connectivity index (χ2v) is 2.07. The molecule has 0 amide bonds. The van der Waals surface area contributed by atoms with Crippen LogP contribution in [0, 0.1) is 5.41 Å². The molecule has 0 spiro atoms. The normalized spacial score (nSPS) is 9.18. The van der Waals surface area contributed by atoms with Crippen LogP contribution in [0.4, 0.5) is 5.82 Å². The highest BCUT2D eigenvalue weighted by atomic mass is 15.0. The molecule has 0 bridgehead atoms. The second-order valence-electron chi connectivity index (χ2n) is 2.07. The third-order valence-electron chi connectivity index (χ3n) is 1.28. The van der Waals surface area contributed by atoms with Crippen LogP contribution in [0.5, 0.6) is 0 Å². The molecule has 4 nitrogen and oxygen atoms in total. The van der Waals surface area contributed by atoms with Crippen molar-refractivity contribution >= 4 is 11.7 Å². The number of pyridine rings is 1. The Kier molecular flexibility index (Phi) is 2.06. The van der Waals surface area contributed by atoms with E-state index in [1.165, 1.54) is 0 Å². The summed E-state index contributed by atoms with van der Waals surface area (Å²) in [6, 6.07) is 5.31. The summed E-state index contributed by atoms with van der Waals surface area (Å²) >= 11 is 0. The van der Waals surface area contributed by atoms with E-state index in [0.29, 0.717) is 5.69 Å². The summed E-state index contributed by atoms with van der Waals surface area (Å²) in [5.74, 6) is 0.708. The van der Waals surface area contributed by atoms with Gasteiger partial charge in [-0.2, -0.15) is 0 Å². The zero-order valence-corrected chi connectivity index (χ0v) is 6.26. The third-order valence-corrected chi connectivity index (χ3v) is 1.28. The first kappa shape index (κ1) is 7.53. The highest BCUT2D eigenvalue weighted by Gasteiger charge is 1.96. The molecule has 4 N–H and O–H groups in total. The zero-order valence-electron chi connectivity index (χ0n) is 6.26. The minimum Gasteiger partial charge on any atom is -0.382 e. The Labute approximate surface area is 65.0 Å². The standard InChI is InChI=1S/C7H10N4/c1-10-6-4-2-3-5(11-6)7(8)9/h2-4H,1H3,(H3,8,9)(H,10,11). The maximum absolute atomic E-state index is 7.09. The topological polar surface area (TPSA) is 74.8 Å². The van der Waals surface area contributed by atoms with E-state index in [2.05, 4.69) is 10.3 Å². The number of nitrogen functional groups attached to an aromatic ring is 1. The molecule has 0 unspecified atom stereocenters. The Hall–Kier alpha value is -1.58. The number of aromatic nitrogens is 1. The number of nitrogens with zero attached hydrogens (tertiary/aromatic N) is 1. The summed E-state index contributed by atoms with van der Waals surface area (Å²) in [5.41, 5.74) is 5.73. The number of hydrogen-bond acceptors (Lipinski definition) is 3. The number of nitrogens with two attached hydrogens (primary N) is 1. The van der Waals surface area contributed by atoms with Gasteiger partial charge in [0.25, 0.3) is 0 Å². The lowest BCUT2D eigenvalue weighted by Crippen LogP contribution is -2.13. The van der Waals surface area contributed by atoms with Gasteiger partial charge in [0.05, 0.1) is 0 Å². The fourth-order valence-corrected chi connectivity index (χ4v) is 0.724. The Bertz CT molecular complexity index is 269. The summed E-state index contributed by atoms with van der Waals surface area (Å²) < 4.78 is 0. The summed E-state index contributed by atoms with van der Waals surface area (Å²) in [4.78, 5) is 4.03. The molecule has 0 aromatic carbocycles. The lowest BCUT2D eigenvalue weighted by molar-refractivity contribution is 1.23. The van der Waals surface area contributed by atoms with Crippen molar-refractivity contribution in [3.63, 3.8) is 0 Å². The van der Waals surface area contributed by atoms with Crippen molar-refractivity contribution < 1.29 is 0 Å².